The molecule has 6 heteroatoms. The minimum Gasteiger partial charge on any atom is -0.497 e. The summed E-state index contributed by atoms with van der Waals surface area (Å²) in [5, 5.41) is 14.7. The predicted molar refractivity (Wildman–Crippen MR) is 103 cm³/mol. The number of carboxylic acid groups (broad SMARTS) is 1. The van der Waals surface area contributed by atoms with Crippen LogP contribution in [0.1, 0.15) is 28.5 Å². The molecule has 0 aliphatic rings. The molecule has 1 heterocycles. The van der Waals surface area contributed by atoms with Crippen molar-refractivity contribution in [2.24, 2.45) is 0 Å². The first kappa shape index (κ1) is 18.3. The topological polar surface area (TPSA) is 63.5 Å². The van der Waals surface area contributed by atoms with Crippen LogP contribution < -0.4 is 10.1 Å². The number of nitrogens with one attached hydrogen (secondary N) is 1. The van der Waals surface area contributed by atoms with Gasteiger partial charge in [0.1, 0.15) is 11.4 Å². The SMILES string of the molecule is CCn1c(C(=O)O)c(CNCc2ccccc2Cl)c2ccc(OC)cc21. The number of hydrogen-bond acceptors (Lipinski definition) is 3. The normalized spacial score (nSPS) is 11.0. The zero-order chi connectivity index (χ0) is 18.7. The number of benzene rings is 2. The third-order valence-electron chi connectivity index (χ3n) is 4.47. The zero-order valence-corrected chi connectivity index (χ0v) is 15.5. The molecule has 2 N–H and O–H groups in total. The van der Waals surface area contributed by atoms with Gasteiger partial charge < -0.3 is 19.7 Å². The minimum absolute atomic E-state index is 0.308. The number of methoxy groups -OCH3 is 1. The van der Waals surface area contributed by atoms with Gasteiger partial charge in [-0.25, -0.2) is 4.79 Å². The van der Waals surface area contributed by atoms with Gasteiger partial charge in [0, 0.05) is 41.7 Å². The number of nitrogens with zero attached hydrogens (tertiary/aromatic N) is 1. The molecule has 3 rings (SSSR count). The van der Waals surface area contributed by atoms with Crippen LogP contribution in [0.4, 0.5) is 0 Å². The first-order valence-corrected chi connectivity index (χ1v) is 8.81. The predicted octanol–water partition coefficient (Wildman–Crippen LogP) is 4.31. The first-order chi connectivity index (χ1) is 12.6. The molecule has 0 radical (unpaired) electrons. The van der Waals surface area contributed by atoms with Gasteiger partial charge >= 0.3 is 5.97 Å². The quantitative estimate of drug-likeness (QED) is 0.648. The van der Waals surface area contributed by atoms with Crippen LogP contribution in [0.3, 0.4) is 0 Å². The molecule has 26 heavy (non-hydrogen) atoms. The van der Waals surface area contributed by atoms with Crippen molar-refractivity contribution in [1.29, 1.82) is 0 Å². The molecule has 5 nitrogen and oxygen atoms in total. The van der Waals surface area contributed by atoms with Crippen LogP contribution in [0.15, 0.2) is 42.5 Å². The highest BCUT2D eigenvalue weighted by Gasteiger charge is 2.21. The van der Waals surface area contributed by atoms with Gasteiger partial charge in [0.05, 0.1) is 12.6 Å². The van der Waals surface area contributed by atoms with Crippen molar-refractivity contribution in [2.45, 2.75) is 26.6 Å². The number of aromatic carboxylic acids is 1. The minimum atomic E-state index is -0.934. The highest BCUT2D eigenvalue weighted by molar-refractivity contribution is 6.31. The van der Waals surface area contributed by atoms with E-state index in [1.54, 1.807) is 7.11 Å². The summed E-state index contributed by atoms with van der Waals surface area (Å²) in [6.07, 6.45) is 0. The van der Waals surface area contributed by atoms with Crippen molar-refractivity contribution in [3.63, 3.8) is 0 Å². The Morgan fingerprint density at radius 3 is 2.65 bits per heavy atom. The van der Waals surface area contributed by atoms with E-state index in [9.17, 15) is 9.90 Å². The van der Waals surface area contributed by atoms with Gasteiger partial charge in [0.25, 0.3) is 0 Å². The molecule has 136 valence electrons. The van der Waals surface area contributed by atoms with Crippen LogP contribution in [0.5, 0.6) is 5.75 Å². The van der Waals surface area contributed by atoms with Crippen LogP contribution in [-0.4, -0.2) is 22.8 Å². The maximum Gasteiger partial charge on any atom is 0.352 e. The van der Waals surface area contributed by atoms with Gasteiger partial charge in [0.2, 0.25) is 0 Å². The molecule has 0 saturated heterocycles. The van der Waals surface area contributed by atoms with E-state index in [1.165, 1.54) is 0 Å². The molecule has 2 aromatic carbocycles. The Hall–Kier alpha value is -2.50. The number of rotatable bonds is 7. The van der Waals surface area contributed by atoms with Gasteiger partial charge in [-0.3, -0.25) is 0 Å². The highest BCUT2D eigenvalue weighted by atomic mass is 35.5. The fourth-order valence-corrected chi connectivity index (χ4v) is 3.45. The molecule has 0 saturated carbocycles. The Morgan fingerprint density at radius 2 is 2.00 bits per heavy atom. The van der Waals surface area contributed by atoms with Crippen LogP contribution in [0, 0.1) is 0 Å². The molecular weight excluding hydrogens is 352 g/mol. The molecule has 0 fully saturated rings. The second kappa shape index (κ2) is 7.81. The molecule has 0 amide bonds. The average molecular weight is 373 g/mol. The smallest absolute Gasteiger partial charge is 0.352 e. The number of aryl methyl sites for hydroxylation is 1. The number of halogens is 1. The number of fused-ring (bicyclic) bond motifs is 1. The summed E-state index contributed by atoms with van der Waals surface area (Å²) in [6.45, 7) is 3.50. The lowest BCUT2D eigenvalue weighted by molar-refractivity contribution is 0.0684. The number of ether oxygens (including phenoxy) is 1. The molecule has 0 aliphatic heterocycles. The Bertz CT molecular complexity index is 950. The van der Waals surface area contributed by atoms with Crippen LogP contribution >= 0.6 is 11.6 Å². The van der Waals surface area contributed by atoms with Crippen LogP contribution in [0.25, 0.3) is 10.9 Å². The molecule has 0 unspecified atom stereocenters. The summed E-state index contributed by atoms with van der Waals surface area (Å²) >= 11 is 6.19. The monoisotopic (exact) mass is 372 g/mol. The summed E-state index contributed by atoms with van der Waals surface area (Å²) in [4.78, 5) is 11.9. The Kier molecular flexibility index (Phi) is 5.49. The van der Waals surface area contributed by atoms with Crippen molar-refractivity contribution < 1.29 is 14.6 Å². The van der Waals surface area contributed by atoms with Gasteiger partial charge in [-0.2, -0.15) is 0 Å². The Morgan fingerprint density at radius 1 is 1.23 bits per heavy atom. The number of carbonyl (C=O) groups is 1. The summed E-state index contributed by atoms with van der Waals surface area (Å²) in [7, 11) is 1.60. The van der Waals surface area contributed by atoms with Crippen molar-refractivity contribution >= 4 is 28.5 Å². The summed E-state index contributed by atoms with van der Waals surface area (Å²) in [5.41, 5.74) is 2.91. The van der Waals surface area contributed by atoms with E-state index in [1.807, 2.05) is 54.0 Å². The van der Waals surface area contributed by atoms with Gasteiger partial charge in [0.15, 0.2) is 0 Å². The van der Waals surface area contributed by atoms with Crippen molar-refractivity contribution in [3.8, 4) is 5.75 Å². The highest BCUT2D eigenvalue weighted by Crippen LogP contribution is 2.30. The summed E-state index contributed by atoms with van der Waals surface area (Å²) in [6, 6.07) is 13.3. The maximum atomic E-state index is 11.9. The van der Waals surface area contributed by atoms with Crippen molar-refractivity contribution in [2.75, 3.05) is 7.11 Å². The van der Waals surface area contributed by atoms with Crippen LogP contribution in [0.2, 0.25) is 5.02 Å². The zero-order valence-electron chi connectivity index (χ0n) is 14.8. The fraction of sp³-hybridized carbons (Fsp3) is 0.250. The van der Waals surface area contributed by atoms with Gasteiger partial charge in [-0.15, -0.1) is 0 Å². The van der Waals surface area contributed by atoms with E-state index in [-0.39, 0.29) is 0 Å². The van der Waals surface area contributed by atoms with E-state index in [2.05, 4.69) is 5.32 Å². The largest absolute Gasteiger partial charge is 0.497 e. The molecule has 3 aromatic rings. The number of hydrogen-bond donors (Lipinski definition) is 2. The molecule has 0 spiro atoms. The lowest BCUT2D eigenvalue weighted by atomic mass is 10.1. The number of aromatic nitrogens is 1. The standard InChI is InChI=1S/C20H21ClN2O3/c1-3-23-18-10-14(26-2)8-9-15(18)16(19(23)20(24)25)12-22-11-13-6-4-5-7-17(13)21/h4-10,22H,3,11-12H2,1-2H3,(H,24,25). The Labute approximate surface area is 157 Å². The third-order valence-corrected chi connectivity index (χ3v) is 4.84. The van der Waals surface area contributed by atoms with Gasteiger partial charge in [-0.1, -0.05) is 29.8 Å². The molecule has 0 aliphatic carbocycles. The van der Waals surface area contributed by atoms with E-state index in [0.717, 1.165) is 22.0 Å². The molecule has 0 bridgehead atoms. The van der Waals surface area contributed by atoms with Gasteiger partial charge in [-0.05, 0) is 30.7 Å². The van der Waals surface area contributed by atoms with Crippen molar-refractivity contribution in [1.82, 2.24) is 9.88 Å². The lowest BCUT2D eigenvalue weighted by Gasteiger charge is -2.08. The third kappa shape index (κ3) is 3.41. The summed E-state index contributed by atoms with van der Waals surface area (Å²) in [5.74, 6) is -0.228. The molecule has 1 aromatic heterocycles. The van der Waals surface area contributed by atoms with E-state index in [0.29, 0.717) is 36.1 Å². The molecular formula is C20H21ClN2O3. The van der Waals surface area contributed by atoms with Crippen LogP contribution in [-0.2, 0) is 19.6 Å². The second-order valence-electron chi connectivity index (χ2n) is 5.95. The number of carboxylic acids is 1. The van der Waals surface area contributed by atoms with E-state index >= 15 is 0 Å². The summed E-state index contributed by atoms with van der Waals surface area (Å²) < 4.78 is 7.10. The average Bonchev–Trinajstić information content (AvgIpc) is 2.96. The van der Waals surface area contributed by atoms with E-state index in [4.69, 9.17) is 16.3 Å². The Balaban J connectivity index is 1.97. The fourth-order valence-electron chi connectivity index (χ4n) is 3.24. The lowest BCUT2D eigenvalue weighted by Crippen LogP contribution is -2.16. The van der Waals surface area contributed by atoms with E-state index < -0.39 is 5.97 Å². The van der Waals surface area contributed by atoms with Crippen molar-refractivity contribution in [3.05, 3.63) is 64.3 Å². The molecule has 0 atom stereocenters. The maximum absolute atomic E-state index is 11.9. The first-order valence-electron chi connectivity index (χ1n) is 8.43. The second-order valence-corrected chi connectivity index (χ2v) is 6.36.